The highest BCUT2D eigenvalue weighted by molar-refractivity contribution is 4.46. The molecule has 0 aliphatic heterocycles. The second kappa shape index (κ2) is 7.98. The van der Waals surface area contributed by atoms with E-state index in [1.54, 1.807) is 0 Å². The number of hydrogen-bond donors (Lipinski definition) is 1. The molecule has 3 heteroatoms. The summed E-state index contributed by atoms with van der Waals surface area (Å²) < 4.78 is 24.7. The Labute approximate surface area is 71.7 Å². The van der Waals surface area contributed by atoms with E-state index in [0.29, 0.717) is 19.6 Å². The van der Waals surface area contributed by atoms with Crippen molar-refractivity contribution < 1.29 is 12.2 Å². The first kappa shape index (κ1) is 7.53. The Morgan fingerprint density at radius 1 is 1.36 bits per heavy atom. The normalized spacial score (nSPS) is 14.9. The largest absolute Gasteiger partial charge is 0.353 e. The molecule has 68 valence electrons. The zero-order chi connectivity index (χ0) is 10.3. The molecule has 0 amide bonds. The third kappa shape index (κ3) is 6.28. The second-order valence-corrected chi connectivity index (χ2v) is 2.08. The van der Waals surface area contributed by atoms with Gasteiger partial charge in [0.1, 0.15) is 0 Å². The highest BCUT2D eigenvalue weighted by Gasteiger charge is 2.05. The lowest BCUT2D eigenvalue weighted by Crippen LogP contribution is -2.18. The molecular weight excluding hydrogens is 142 g/mol. The first-order chi connectivity index (χ1) is 5.99. The lowest BCUT2D eigenvalue weighted by atomic mass is 10.3. The molecule has 3 nitrogen and oxygen atoms in total. The van der Waals surface area contributed by atoms with E-state index in [4.69, 9.17) is 17.9 Å². The fourth-order valence-corrected chi connectivity index (χ4v) is 0.788. The molecule has 0 saturated carbocycles. The molecule has 0 radical (unpaired) electrons. The average molecular weight is 163 g/mol. The summed E-state index contributed by atoms with van der Waals surface area (Å²) in [6, 6.07) is 0. The third-order valence-corrected chi connectivity index (χ3v) is 1.23. The van der Waals surface area contributed by atoms with Crippen molar-refractivity contribution >= 4 is 0 Å². The summed E-state index contributed by atoms with van der Waals surface area (Å²) in [5.74, 6) is 0. The van der Waals surface area contributed by atoms with Crippen molar-refractivity contribution in [3.05, 3.63) is 0 Å². The minimum absolute atomic E-state index is 0.248. The summed E-state index contributed by atoms with van der Waals surface area (Å²) in [5, 5.41) is 0. The summed E-state index contributed by atoms with van der Waals surface area (Å²) >= 11 is 0. The second-order valence-electron chi connectivity index (χ2n) is 2.08. The van der Waals surface area contributed by atoms with Crippen LogP contribution in [0.15, 0.2) is 0 Å². The van der Waals surface area contributed by atoms with Gasteiger partial charge in [-0.3, -0.25) is 0 Å². The van der Waals surface area contributed by atoms with Crippen molar-refractivity contribution in [1.82, 2.24) is 0 Å². The quantitative estimate of drug-likeness (QED) is 0.572. The Bertz CT molecular complexity index is 122. The number of rotatable bonds is 7. The molecule has 2 N–H and O–H groups in total. The van der Waals surface area contributed by atoms with E-state index in [1.807, 2.05) is 13.8 Å². The predicted octanol–water partition coefficient (Wildman–Crippen LogP) is 1.12. The summed E-state index contributed by atoms with van der Waals surface area (Å²) in [5.41, 5.74) is 5.20. The first-order valence-corrected chi connectivity index (χ1v) is 4.01. The molecule has 0 atom stereocenters. The summed E-state index contributed by atoms with van der Waals surface area (Å²) in [4.78, 5) is 0. The number of nitrogens with two attached hydrogens (primary N) is 1. The standard InChI is InChI=1S/C8H19NO2/c1-3-10-8(11-4-2)6-5-7-9/h8H,3-7,9H2,1-2H3/i7D2. The Morgan fingerprint density at radius 3 is 2.27 bits per heavy atom. The van der Waals surface area contributed by atoms with Crippen molar-refractivity contribution in [2.45, 2.75) is 33.0 Å². The van der Waals surface area contributed by atoms with Crippen LogP contribution in [0.3, 0.4) is 0 Å². The Hall–Kier alpha value is -0.120. The molecular formula is C8H19NO2. The van der Waals surface area contributed by atoms with E-state index in [2.05, 4.69) is 0 Å². The first-order valence-electron chi connectivity index (χ1n) is 5.01. The minimum Gasteiger partial charge on any atom is -0.353 e. The van der Waals surface area contributed by atoms with Gasteiger partial charge in [0.2, 0.25) is 0 Å². The zero-order valence-corrected chi connectivity index (χ0v) is 7.30. The van der Waals surface area contributed by atoms with Crippen LogP contribution >= 0.6 is 0 Å². The SMILES string of the molecule is [2H]C([2H])(N)CCC(OCC)OCC. The van der Waals surface area contributed by atoms with E-state index < -0.39 is 6.50 Å². The van der Waals surface area contributed by atoms with Crippen molar-refractivity contribution in [3.63, 3.8) is 0 Å². The van der Waals surface area contributed by atoms with Crippen LogP contribution in [0.4, 0.5) is 0 Å². The molecule has 11 heavy (non-hydrogen) atoms. The van der Waals surface area contributed by atoms with Gasteiger partial charge in [-0.15, -0.1) is 0 Å². The van der Waals surface area contributed by atoms with Crippen LogP contribution in [0.5, 0.6) is 0 Å². The smallest absolute Gasteiger partial charge is 0.157 e. The topological polar surface area (TPSA) is 44.5 Å². The van der Waals surface area contributed by atoms with Gasteiger partial charge in [-0.05, 0) is 33.2 Å². The van der Waals surface area contributed by atoms with Gasteiger partial charge in [0.25, 0.3) is 0 Å². The summed E-state index contributed by atoms with van der Waals surface area (Å²) in [6.45, 7) is 3.26. The van der Waals surface area contributed by atoms with Crippen molar-refractivity contribution in [2.24, 2.45) is 5.73 Å². The van der Waals surface area contributed by atoms with Gasteiger partial charge >= 0.3 is 0 Å². The molecule has 0 aromatic carbocycles. The van der Waals surface area contributed by atoms with Crippen LogP contribution < -0.4 is 5.73 Å². The maximum absolute atomic E-state index is 7.12. The van der Waals surface area contributed by atoms with Gasteiger partial charge in [0.15, 0.2) is 6.29 Å². The van der Waals surface area contributed by atoms with Crippen molar-refractivity contribution in [1.29, 1.82) is 0 Å². The van der Waals surface area contributed by atoms with E-state index >= 15 is 0 Å². The van der Waals surface area contributed by atoms with E-state index in [0.717, 1.165) is 0 Å². The fraction of sp³-hybridized carbons (Fsp3) is 1.00. The van der Waals surface area contributed by atoms with Gasteiger partial charge in [0, 0.05) is 16.0 Å². The monoisotopic (exact) mass is 163 g/mol. The van der Waals surface area contributed by atoms with Crippen LogP contribution in [0, 0.1) is 0 Å². The molecule has 0 saturated heterocycles. The highest BCUT2D eigenvalue weighted by Crippen LogP contribution is 2.02. The molecule has 0 rings (SSSR count). The predicted molar refractivity (Wildman–Crippen MR) is 45.3 cm³/mol. The maximum Gasteiger partial charge on any atom is 0.157 e. The lowest BCUT2D eigenvalue weighted by Gasteiger charge is -2.15. The Morgan fingerprint density at radius 2 is 1.91 bits per heavy atom. The molecule has 0 aromatic heterocycles. The average Bonchev–Trinajstić information content (AvgIpc) is 2.00. The molecule has 0 bridgehead atoms. The Balaban J connectivity index is 3.68. The number of ether oxygens (including phenoxy) is 2. The maximum atomic E-state index is 7.12. The van der Waals surface area contributed by atoms with Gasteiger partial charge in [0.05, 0.1) is 0 Å². The molecule has 0 aliphatic rings. The van der Waals surface area contributed by atoms with E-state index in [-0.39, 0.29) is 12.7 Å². The van der Waals surface area contributed by atoms with Crippen LogP contribution in [-0.2, 0) is 9.47 Å². The number of hydrogen-bond acceptors (Lipinski definition) is 3. The molecule has 0 fully saturated rings. The van der Waals surface area contributed by atoms with Crippen molar-refractivity contribution in [2.75, 3.05) is 19.7 Å². The fourth-order valence-electron chi connectivity index (χ4n) is 0.788. The van der Waals surface area contributed by atoms with E-state index in [1.165, 1.54) is 0 Å². The van der Waals surface area contributed by atoms with Crippen molar-refractivity contribution in [3.8, 4) is 0 Å². The van der Waals surface area contributed by atoms with Gasteiger partial charge in [-0.1, -0.05) is 0 Å². The molecule has 0 heterocycles. The van der Waals surface area contributed by atoms with Crippen LogP contribution in [0.25, 0.3) is 0 Å². The van der Waals surface area contributed by atoms with Crippen LogP contribution in [-0.4, -0.2) is 26.0 Å². The van der Waals surface area contributed by atoms with Crippen LogP contribution in [0.2, 0.25) is 0 Å². The van der Waals surface area contributed by atoms with Gasteiger partial charge < -0.3 is 15.2 Å². The zero-order valence-electron chi connectivity index (χ0n) is 9.30. The minimum atomic E-state index is -1.63. The Kier molecular flexibility index (Phi) is 5.46. The summed E-state index contributed by atoms with van der Waals surface area (Å²) in [6.07, 6.45) is 0.414. The molecule has 0 unspecified atom stereocenters. The molecule has 0 spiro atoms. The van der Waals surface area contributed by atoms with Crippen LogP contribution in [0.1, 0.15) is 29.4 Å². The molecule has 0 aliphatic carbocycles. The van der Waals surface area contributed by atoms with E-state index in [9.17, 15) is 0 Å². The highest BCUT2D eigenvalue weighted by atomic mass is 16.7. The van der Waals surface area contributed by atoms with Gasteiger partial charge in [-0.25, -0.2) is 0 Å². The third-order valence-electron chi connectivity index (χ3n) is 1.23. The van der Waals surface area contributed by atoms with Gasteiger partial charge in [-0.2, -0.15) is 0 Å². The lowest BCUT2D eigenvalue weighted by molar-refractivity contribution is -0.139. The molecule has 0 aromatic rings. The summed E-state index contributed by atoms with van der Waals surface area (Å²) in [7, 11) is 0.